The number of hydrogen-bond acceptors (Lipinski definition) is 16. The lowest BCUT2D eigenvalue weighted by atomic mass is 9.97. The van der Waals surface area contributed by atoms with Gasteiger partial charge in [0.05, 0.1) is 38.2 Å². The van der Waals surface area contributed by atoms with Crippen molar-refractivity contribution in [1.82, 2.24) is 16.1 Å². The molecule has 0 saturated heterocycles. The van der Waals surface area contributed by atoms with Crippen LogP contribution in [0.25, 0.3) is 22.3 Å². The topological polar surface area (TPSA) is 339 Å². The van der Waals surface area contributed by atoms with Crippen molar-refractivity contribution < 1.29 is 77.5 Å². The van der Waals surface area contributed by atoms with Crippen molar-refractivity contribution >= 4 is 69.5 Å². The van der Waals surface area contributed by atoms with Gasteiger partial charge in [0, 0.05) is 72.4 Å². The van der Waals surface area contributed by atoms with Gasteiger partial charge in [-0.1, -0.05) is 241 Å². The molecule has 12 aromatic carbocycles. The van der Waals surface area contributed by atoms with Gasteiger partial charge in [-0.2, -0.15) is 0 Å². The minimum atomic E-state index is -1.03. The maximum Gasteiger partial charge on any atom is 0.335 e. The number of benzene rings is 12. The first-order valence-corrected chi connectivity index (χ1v) is 41.3. The van der Waals surface area contributed by atoms with Crippen LogP contribution < -0.4 is 27.6 Å². The van der Waals surface area contributed by atoms with E-state index >= 15 is 0 Å². The van der Waals surface area contributed by atoms with Crippen molar-refractivity contribution in [3.63, 3.8) is 0 Å². The number of nitrogens with two attached hydrogens (primary N) is 2. The third kappa shape index (κ3) is 29.1. The molecule has 0 aliphatic heterocycles. The molecule has 21 nitrogen and oxygen atoms in total. The number of aromatic carboxylic acids is 2. The maximum atomic E-state index is 13.0. The fourth-order valence-corrected chi connectivity index (χ4v) is 13.5. The average molecular weight is 1770 g/mol. The number of hydrogen-bond donors (Lipinski definition) is 8. The molecule has 2 aliphatic carbocycles. The summed E-state index contributed by atoms with van der Waals surface area (Å²) in [7, 11) is 2.53. The number of carbonyl (C=O) groups is 9. The van der Waals surface area contributed by atoms with Gasteiger partial charge < -0.3 is 51.3 Å². The third-order valence-corrected chi connectivity index (χ3v) is 20.7. The number of nitrogens with one attached hydrogen (secondary N) is 3. The molecule has 12 aromatic rings. The van der Waals surface area contributed by atoms with Crippen molar-refractivity contribution in [3.8, 4) is 70.1 Å². The summed E-state index contributed by atoms with van der Waals surface area (Å²) < 4.78 is 21.9. The van der Waals surface area contributed by atoms with E-state index in [9.17, 15) is 43.2 Å². The highest BCUT2D eigenvalue weighted by Crippen LogP contribution is 2.46. The Balaban J connectivity index is 0.000000187. The van der Waals surface area contributed by atoms with Gasteiger partial charge in [0.2, 0.25) is 0 Å². The standard InChI is InChI=1S/C36H31NO5.C21H23NO4.C19H19N3O3.C15H10O2.C9H6O2.C6H5Br/c1-24(22-33(38)42-23-32-30-14-8-6-12-28(30)29-13-7-9-15-31(29)32)34(36(40)41-2)37-35(39)27-20-18-26(19-21-27)17-16-25-10-4-3-5-11-25;1-13(20(22)21(24)25-2)11-19(23)26-12-18-16-9-5-3-7-14(16)15-8-4-6-10-17(15)18;1-13(20)17(19(24)22-25)21-18(23)16-11-9-15(10-12-16)8-7-14-5-3-2-4-6-14;16-15(17)14-10-8-13(9-11-14)7-6-12-4-2-1-3-5-12;1-2-7-3-5-8(6-4-7)9(10)11;7-6-4-2-1-3-5-6/h3-15,18-21,24,32,34H,22-23H2,1-2H3,(H,37,39);3-10,13,18,20H,11-12,22H2,1-2H3;2-6,9-13,17,25H,20H2,1H3,(H,21,23)(H,22,24);1-5,8-11H,(H,16,17);1,3-6H,(H,10,11);1-5H/t24-,34+;13-,20+;13-,17-;;;/m110.../s1. The van der Waals surface area contributed by atoms with Crippen molar-refractivity contribution in [1.29, 1.82) is 0 Å². The van der Waals surface area contributed by atoms with Crippen molar-refractivity contribution in [2.24, 2.45) is 23.3 Å². The molecule has 0 unspecified atom stereocenters. The normalized spacial score (nSPS) is 12.1. The number of methoxy groups -OCH3 is 2. The molecule has 6 atom stereocenters. The quantitative estimate of drug-likeness (QED) is 0.0115. The minimum Gasteiger partial charge on any atom is -0.478 e. The number of rotatable bonds is 20. The number of carboxylic acid groups (broad SMARTS) is 2. The van der Waals surface area contributed by atoms with Crippen LogP contribution in [0.4, 0.5) is 0 Å². The molecule has 0 heterocycles. The molecule has 128 heavy (non-hydrogen) atoms. The molecule has 10 N–H and O–H groups in total. The van der Waals surface area contributed by atoms with Crippen LogP contribution in [-0.2, 0) is 42.9 Å². The number of esters is 4. The summed E-state index contributed by atoms with van der Waals surface area (Å²) in [5, 5.41) is 31.2. The molecule has 0 bridgehead atoms. The van der Waals surface area contributed by atoms with Gasteiger partial charge >= 0.3 is 35.8 Å². The Hall–Kier alpha value is -15.5. The summed E-state index contributed by atoms with van der Waals surface area (Å²) in [4.78, 5) is 107. The average Bonchev–Trinajstić information content (AvgIpc) is 1.62. The van der Waals surface area contributed by atoms with E-state index in [1.165, 1.54) is 54.1 Å². The number of fused-ring (bicyclic) bond motifs is 6. The van der Waals surface area contributed by atoms with Gasteiger partial charge in [-0.25, -0.2) is 19.9 Å². The molecule has 2 aliphatic rings. The highest BCUT2D eigenvalue weighted by atomic mass is 79.9. The summed E-state index contributed by atoms with van der Waals surface area (Å²) in [5.74, 6) is 14.1. The van der Waals surface area contributed by atoms with Crippen LogP contribution in [0, 0.1) is 59.7 Å². The molecule has 0 aromatic heterocycles. The van der Waals surface area contributed by atoms with Crippen LogP contribution in [0.5, 0.6) is 0 Å². The van der Waals surface area contributed by atoms with E-state index in [0.29, 0.717) is 16.7 Å². The molecule has 22 heteroatoms. The van der Waals surface area contributed by atoms with Gasteiger partial charge in [-0.3, -0.25) is 34.0 Å². The van der Waals surface area contributed by atoms with E-state index in [1.54, 1.807) is 106 Å². The second-order valence-electron chi connectivity index (χ2n) is 29.2. The number of carboxylic acids is 2. The number of ether oxygens (including phenoxy) is 4. The smallest absolute Gasteiger partial charge is 0.335 e. The SMILES string of the molecule is Brc1ccccc1.C#Cc1ccc(C(=O)O)cc1.COC(=O)[C@@H](N)[C@H](C)CC(=O)OCC1c2ccccc2-c2ccccc21.COC(=O)[C@@H](NC(=O)c1ccc(C#Cc2ccccc2)cc1)[C@H](C)CC(=O)OCC1c2ccccc2-c2ccccc21.C[C@H](N)[C@H](NC(=O)c1ccc(C#Cc2ccccc2)cc1)C(=O)NO.O=C(O)c1ccc(C#Cc2ccccc2)cc1. The Bertz CT molecular complexity index is 5950. The lowest BCUT2D eigenvalue weighted by molar-refractivity contribution is -0.149. The molecule has 0 fully saturated rings. The monoisotopic (exact) mass is 1770 g/mol. The van der Waals surface area contributed by atoms with Crippen LogP contribution in [0.1, 0.15) is 148 Å². The first kappa shape index (κ1) is 96.3. The summed E-state index contributed by atoms with van der Waals surface area (Å²) in [6.45, 7) is 5.47. The highest BCUT2D eigenvalue weighted by Gasteiger charge is 2.34. The lowest BCUT2D eigenvalue weighted by Gasteiger charge is -2.23. The van der Waals surface area contributed by atoms with E-state index in [4.69, 9.17) is 47.5 Å². The van der Waals surface area contributed by atoms with Crippen molar-refractivity contribution in [3.05, 3.63) is 403 Å². The van der Waals surface area contributed by atoms with Crippen LogP contribution in [0.3, 0.4) is 0 Å². The molecule has 0 saturated carbocycles. The van der Waals surface area contributed by atoms with Crippen LogP contribution in [0.15, 0.2) is 320 Å². The van der Waals surface area contributed by atoms with Gasteiger partial charge in [-0.05, 0) is 209 Å². The summed E-state index contributed by atoms with van der Waals surface area (Å²) in [5.41, 5.74) is 29.2. The lowest BCUT2D eigenvalue weighted by Crippen LogP contribution is -2.54. The fourth-order valence-electron chi connectivity index (χ4n) is 13.2. The first-order valence-electron chi connectivity index (χ1n) is 40.5. The molecule has 646 valence electrons. The summed E-state index contributed by atoms with van der Waals surface area (Å²) in [6, 6.07) is 94.0. The van der Waals surface area contributed by atoms with E-state index in [0.717, 1.165) is 60.1 Å². The number of terminal acetylenes is 1. The Labute approximate surface area is 752 Å². The van der Waals surface area contributed by atoms with Crippen LogP contribution >= 0.6 is 15.9 Å². The molecule has 0 radical (unpaired) electrons. The van der Waals surface area contributed by atoms with Crippen LogP contribution in [0.2, 0.25) is 0 Å². The first-order chi connectivity index (χ1) is 61.9. The predicted octanol–water partition coefficient (Wildman–Crippen LogP) is 16.2. The number of carbonyl (C=O) groups excluding carboxylic acids is 7. The summed E-state index contributed by atoms with van der Waals surface area (Å²) in [6.07, 6.45) is 5.09. The second-order valence-corrected chi connectivity index (χ2v) is 30.1. The van der Waals surface area contributed by atoms with Gasteiger partial charge in [0.25, 0.3) is 17.7 Å². The zero-order valence-electron chi connectivity index (χ0n) is 70.7. The van der Waals surface area contributed by atoms with E-state index in [1.807, 2.05) is 170 Å². The Morgan fingerprint density at radius 1 is 0.375 bits per heavy atom. The number of amides is 3. The largest absolute Gasteiger partial charge is 0.478 e. The van der Waals surface area contributed by atoms with Crippen LogP contribution in [-0.4, -0.2) is 121 Å². The van der Waals surface area contributed by atoms with Gasteiger partial charge in [0.15, 0.2) is 0 Å². The molecule has 0 spiro atoms. The second kappa shape index (κ2) is 49.7. The maximum absolute atomic E-state index is 13.0. The zero-order valence-corrected chi connectivity index (χ0v) is 72.3. The Kier molecular flexibility index (Phi) is 37.4. The fraction of sp³-hybridized carbons (Fsp3) is 0.160. The van der Waals surface area contributed by atoms with Crippen molar-refractivity contribution in [2.75, 3.05) is 27.4 Å². The molecular weight excluding hydrogens is 1680 g/mol. The van der Waals surface area contributed by atoms with E-state index < -0.39 is 77.7 Å². The van der Waals surface area contributed by atoms with E-state index in [-0.39, 0.29) is 60.9 Å². The van der Waals surface area contributed by atoms with E-state index in [2.05, 4.69) is 121 Å². The van der Waals surface area contributed by atoms with Crippen molar-refractivity contribution in [2.45, 2.75) is 69.6 Å². The Morgan fingerprint density at radius 2 is 0.656 bits per heavy atom. The zero-order chi connectivity index (χ0) is 91.9. The minimum absolute atomic E-state index is 0.0240. The number of halogens is 1. The molecule has 14 rings (SSSR count). The third-order valence-electron chi connectivity index (χ3n) is 20.2. The Morgan fingerprint density at radius 3 is 0.945 bits per heavy atom. The predicted molar refractivity (Wildman–Crippen MR) is 494 cm³/mol. The number of hydroxylamine groups is 1. The highest BCUT2D eigenvalue weighted by molar-refractivity contribution is 9.10. The molecule has 3 amide bonds. The van der Waals surface area contributed by atoms with Gasteiger partial charge in [-0.15, -0.1) is 6.42 Å². The molecular formula is C106H94BrN5O16. The summed E-state index contributed by atoms with van der Waals surface area (Å²) >= 11 is 3.31. The van der Waals surface area contributed by atoms with Gasteiger partial charge in [0.1, 0.15) is 31.3 Å².